The third kappa shape index (κ3) is 8.29. The molecule has 4 rings (SSSR count). The van der Waals surface area contributed by atoms with E-state index >= 15 is 0 Å². The van der Waals surface area contributed by atoms with Gasteiger partial charge in [0.05, 0.1) is 35.6 Å². The fraction of sp³-hybridized carbons (Fsp3) is 0.538. The summed E-state index contributed by atoms with van der Waals surface area (Å²) in [5, 5.41) is 14.2. The number of phenols is 1. The second-order valence-corrected chi connectivity index (χ2v) is 12.6. The molecule has 3 unspecified atom stereocenters. The first-order valence-corrected chi connectivity index (χ1v) is 15.7. The van der Waals surface area contributed by atoms with E-state index in [-0.39, 0.29) is 52.3 Å². The smallest absolute Gasteiger partial charge is 0.472 e. The number of aromatic amines is 1. The predicted molar refractivity (Wildman–Crippen MR) is 156 cm³/mol. The number of phosphoric ester groups is 1. The predicted octanol–water partition coefficient (Wildman–Crippen LogP) is 3.32. The molecule has 15 nitrogen and oxygen atoms in total. The van der Waals surface area contributed by atoms with Crippen LogP contribution in [0.1, 0.15) is 49.6 Å². The number of aromatic nitrogens is 2. The molecule has 1 aromatic heterocycles. The van der Waals surface area contributed by atoms with Gasteiger partial charge in [0.1, 0.15) is 18.1 Å². The van der Waals surface area contributed by atoms with Gasteiger partial charge in [-0.3, -0.25) is 28.2 Å². The zero-order valence-electron chi connectivity index (χ0n) is 24.1. The Hall–Kier alpha value is -2.75. The van der Waals surface area contributed by atoms with Crippen molar-refractivity contribution in [3.05, 3.63) is 59.8 Å². The average molecular weight is 680 g/mol. The van der Waals surface area contributed by atoms with Crippen molar-refractivity contribution in [2.24, 2.45) is 11.1 Å². The number of H-pyrrole nitrogens is 1. The Kier molecular flexibility index (Phi) is 11.0. The molecule has 1 aromatic carbocycles. The normalized spacial score (nSPS) is 26.6. The molecule has 18 heteroatoms. The molecule has 2 aliphatic heterocycles. The van der Waals surface area contributed by atoms with E-state index in [1.54, 1.807) is 13.8 Å². The van der Waals surface area contributed by atoms with Crippen LogP contribution in [0.4, 0.5) is 0 Å². The summed E-state index contributed by atoms with van der Waals surface area (Å²) < 4.78 is 40.7. The Balaban J connectivity index is 1.45. The number of esters is 1. The molecule has 44 heavy (non-hydrogen) atoms. The summed E-state index contributed by atoms with van der Waals surface area (Å²) in [5.41, 5.74) is -0.406. The summed E-state index contributed by atoms with van der Waals surface area (Å²) in [6.45, 7) is 5.36. The number of oxime groups is 1. The molecular weight excluding hydrogens is 648 g/mol. The third-order valence-corrected chi connectivity index (χ3v) is 8.76. The number of nitrogens with one attached hydrogen (secondary N) is 1. The number of hydrogen-bond donors (Lipinski definition) is 3. The maximum Gasteiger partial charge on any atom is 0.472 e. The number of phosphoric acid groups is 1. The molecule has 0 amide bonds. The maximum absolute atomic E-state index is 12.7. The van der Waals surface area contributed by atoms with Crippen LogP contribution in [-0.2, 0) is 37.5 Å². The minimum atomic E-state index is -4.63. The number of halogens is 2. The quantitative estimate of drug-likeness (QED) is 0.136. The van der Waals surface area contributed by atoms with Gasteiger partial charge in [-0.1, -0.05) is 28.4 Å². The van der Waals surface area contributed by atoms with Gasteiger partial charge in [-0.15, -0.1) is 0 Å². The van der Waals surface area contributed by atoms with Gasteiger partial charge in [-0.2, -0.15) is 0 Å². The standard InChI is InChI=1S/C26H32Cl2N3O12P/c1-12-5-18(27)17(23(28)24(12)33)8-29-43-19-7-21(31-9-13(2)25(34)30-26(31)35)42-20(19)11-39-44(36,37)38-10-16-6-22(40-14(16)3)41-15(4)32/h5,8-9,14,16,19-22,33H,6-7,10-11H2,1-4H3,(H,36,37)(H,30,34,35)/b29-8+/t14?,16-,19+,20+,21+,22?/m0/s1. The van der Waals surface area contributed by atoms with E-state index in [2.05, 4.69) is 10.1 Å². The number of aryl methyl sites for hydroxylation is 2. The second kappa shape index (κ2) is 14.1. The Morgan fingerprint density at radius 2 is 1.91 bits per heavy atom. The molecule has 0 radical (unpaired) electrons. The summed E-state index contributed by atoms with van der Waals surface area (Å²) in [5.74, 6) is -1.05. The van der Waals surface area contributed by atoms with E-state index < -0.39 is 62.5 Å². The third-order valence-electron chi connectivity index (χ3n) is 7.11. The number of carbonyl (C=O) groups excluding carboxylic acids is 1. The molecule has 0 aliphatic carbocycles. The Morgan fingerprint density at radius 1 is 1.20 bits per heavy atom. The Labute approximate surface area is 261 Å². The van der Waals surface area contributed by atoms with Crippen LogP contribution in [0.3, 0.4) is 0 Å². The van der Waals surface area contributed by atoms with Crippen LogP contribution in [0, 0.1) is 19.8 Å². The Morgan fingerprint density at radius 3 is 2.61 bits per heavy atom. The van der Waals surface area contributed by atoms with Crippen LogP contribution in [0.15, 0.2) is 27.0 Å². The summed E-state index contributed by atoms with van der Waals surface area (Å²) >= 11 is 12.4. The van der Waals surface area contributed by atoms with Crippen LogP contribution in [0.2, 0.25) is 10.0 Å². The number of nitrogens with zero attached hydrogens (tertiary/aromatic N) is 2. The monoisotopic (exact) mass is 679 g/mol. The summed E-state index contributed by atoms with van der Waals surface area (Å²) in [6, 6.07) is 1.49. The van der Waals surface area contributed by atoms with E-state index in [1.165, 1.54) is 32.3 Å². The van der Waals surface area contributed by atoms with Crippen molar-refractivity contribution in [3.63, 3.8) is 0 Å². The van der Waals surface area contributed by atoms with Crippen molar-refractivity contribution in [1.29, 1.82) is 0 Å². The number of hydrogen-bond acceptors (Lipinski definition) is 12. The van der Waals surface area contributed by atoms with Crippen molar-refractivity contribution >= 4 is 43.2 Å². The highest BCUT2D eigenvalue weighted by molar-refractivity contribution is 7.47. The highest BCUT2D eigenvalue weighted by Crippen LogP contribution is 2.46. The van der Waals surface area contributed by atoms with Crippen LogP contribution < -0.4 is 11.2 Å². The van der Waals surface area contributed by atoms with E-state index in [0.29, 0.717) is 5.56 Å². The van der Waals surface area contributed by atoms with Gasteiger partial charge in [-0.25, -0.2) is 9.36 Å². The lowest BCUT2D eigenvalue weighted by molar-refractivity contribution is -0.171. The van der Waals surface area contributed by atoms with Gasteiger partial charge in [0, 0.05) is 43.0 Å². The van der Waals surface area contributed by atoms with E-state index in [0.717, 1.165) is 4.57 Å². The molecule has 2 fully saturated rings. The van der Waals surface area contributed by atoms with Crippen LogP contribution >= 0.6 is 31.0 Å². The number of carbonyl (C=O) groups is 1. The lowest BCUT2D eigenvalue weighted by Crippen LogP contribution is -2.33. The molecule has 2 aromatic rings. The number of benzene rings is 1. The van der Waals surface area contributed by atoms with E-state index in [9.17, 15) is 28.9 Å². The second-order valence-electron chi connectivity index (χ2n) is 10.4. The van der Waals surface area contributed by atoms with E-state index in [1.807, 2.05) is 0 Å². The van der Waals surface area contributed by atoms with Gasteiger partial charge in [0.15, 0.2) is 6.10 Å². The molecule has 2 saturated heterocycles. The van der Waals surface area contributed by atoms with Gasteiger partial charge < -0.3 is 29.0 Å². The number of phenolic OH excluding ortho intramolecular Hbond substituents is 1. The SMILES string of the molecule is CC(=O)OC1C[C@@H](COP(=O)(O)OC[C@H]2O[C@@H](n3cc(C)c(=O)[nH]c3=O)C[C@H]2O/N=C/c2c(Cl)cc(C)c(O)c2Cl)C(C)O1. The number of ether oxygens (including phenoxy) is 3. The van der Waals surface area contributed by atoms with Crippen molar-refractivity contribution < 1.29 is 47.5 Å². The topological polar surface area (TPSA) is 197 Å². The fourth-order valence-electron chi connectivity index (χ4n) is 4.66. The van der Waals surface area contributed by atoms with Gasteiger partial charge in [-0.05, 0) is 32.4 Å². The van der Waals surface area contributed by atoms with Crippen molar-refractivity contribution in [3.8, 4) is 5.75 Å². The number of rotatable bonds is 11. The summed E-state index contributed by atoms with van der Waals surface area (Å²) in [7, 11) is -4.63. The maximum atomic E-state index is 12.7. The molecule has 2 aliphatic rings. The molecule has 3 N–H and O–H groups in total. The molecule has 242 valence electrons. The molecule has 7 atom stereocenters. The minimum absolute atomic E-state index is 0.0163. The van der Waals surface area contributed by atoms with E-state index in [4.69, 9.17) is 51.3 Å². The largest absolute Gasteiger partial charge is 0.506 e. The lowest BCUT2D eigenvalue weighted by Gasteiger charge is -2.20. The van der Waals surface area contributed by atoms with Crippen LogP contribution in [-0.4, -0.2) is 69.6 Å². The molecular formula is C26H32Cl2N3O12P. The highest BCUT2D eigenvalue weighted by atomic mass is 35.5. The summed E-state index contributed by atoms with van der Waals surface area (Å²) in [4.78, 5) is 53.7. The van der Waals surface area contributed by atoms with Crippen molar-refractivity contribution in [2.45, 2.75) is 71.4 Å². The molecule has 0 spiro atoms. The van der Waals surface area contributed by atoms with Gasteiger partial charge in [0.2, 0.25) is 6.29 Å². The first kappa shape index (κ1) is 34.1. The first-order chi connectivity index (χ1) is 20.6. The minimum Gasteiger partial charge on any atom is -0.506 e. The highest BCUT2D eigenvalue weighted by Gasteiger charge is 2.41. The summed E-state index contributed by atoms with van der Waals surface area (Å²) in [6.07, 6.45) is -1.35. The average Bonchev–Trinajstić information content (AvgIpc) is 3.50. The van der Waals surface area contributed by atoms with Crippen LogP contribution in [0.25, 0.3) is 0 Å². The molecule has 3 heterocycles. The van der Waals surface area contributed by atoms with Gasteiger partial charge >= 0.3 is 19.5 Å². The molecule has 0 saturated carbocycles. The first-order valence-electron chi connectivity index (χ1n) is 13.4. The zero-order valence-corrected chi connectivity index (χ0v) is 26.5. The zero-order chi connectivity index (χ0) is 32.3. The van der Waals surface area contributed by atoms with Gasteiger partial charge in [0.25, 0.3) is 5.56 Å². The van der Waals surface area contributed by atoms with Crippen molar-refractivity contribution in [1.82, 2.24) is 9.55 Å². The Bertz CT molecular complexity index is 1580. The van der Waals surface area contributed by atoms with Crippen molar-refractivity contribution in [2.75, 3.05) is 13.2 Å². The lowest BCUT2D eigenvalue weighted by atomic mass is 10.0. The number of aromatic hydroxyl groups is 1. The fourth-order valence-corrected chi connectivity index (χ4v) is 6.10. The van der Waals surface area contributed by atoms with Crippen LogP contribution in [0.5, 0.6) is 5.75 Å². The molecule has 0 bridgehead atoms.